The van der Waals surface area contributed by atoms with Crippen molar-refractivity contribution in [3.8, 4) is 0 Å². The van der Waals surface area contributed by atoms with Crippen molar-refractivity contribution in [2.24, 2.45) is 0 Å². The summed E-state index contributed by atoms with van der Waals surface area (Å²) in [4.78, 5) is 12.9. The Bertz CT molecular complexity index is 1330. The van der Waals surface area contributed by atoms with E-state index in [0.717, 1.165) is 41.3 Å². The molecule has 32 heavy (non-hydrogen) atoms. The van der Waals surface area contributed by atoms with E-state index >= 15 is 0 Å². The number of halogens is 1. The molecule has 1 unspecified atom stereocenters. The molecule has 1 aliphatic heterocycles. The predicted molar refractivity (Wildman–Crippen MR) is 115 cm³/mol. The van der Waals surface area contributed by atoms with Gasteiger partial charge in [-0.15, -0.1) is 10.2 Å². The highest BCUT2D eigenvalue weighted by Gasteiger charge is 2.27. The van der Waals surface area contributed by atoms with E-state index in [1.54, 1.807) is 27.5 Å². The second kappa shape index (κ2) is 7.54. The van der Waals surface area contributed by atoms with Gasteiger partial charge >= 0.3 is 5.69 Å². The highest BCUT2D eigenvalue weighted by Crippen LogP contribution is 2.40. The van der Waals surface area contributed by atoms with Gasteiger partial charge in [-0.3, -0.25) is 4.57 Å². The van der Waals surface area contributed by atoms with Gasteiger partial charge < -0.3 is 5.32 Å². The topological polar surface area (TPSA) is 94.9 Å². The maximum atomic E-state index is 13.2. The molecule has 6 rings (SSSR count). The van der Waals surface area contributed by atoms with Crippen molar-refractivity contribution < 1.29 is 4.39 Å². The maximum Gasteiger partial charge on any atom is 0.346 e. The van der Waals surface area contributed by atoms with Gasteiger partial charge in [0.1, 0.15) is 18.0 Å². The second-order valence-corrected chi connectivity index (χ2v) is 8.66. The Labute approximate surface area is 182 Å². The molecule has 1 aliphatic carbocycles. The van der Waals surface area contributed by atoms with Crippen LogP contribution in [-0.4, -0.2) is 40.2 Å². The molecular weight excluding hydrogens is 411 g/mol. The summed E-state index contributed by atoms with van der Waals surface area (Å²) in [6.07, 6.45) is 6.35. The van der Waals surface area contributed by atoms with E-state index in [2.05, 4.69) is 31.8 Å². The van der Waals surface area contributed by atoms with Crippen molar-refractivity contribution >= 4 is 11.3 Å². The van der Waals surface area contributed by atoms with Crippen LogP contribution in [0.2, 0.25) is 0 Å². The van der Waals surface area contributed by atoms with E-state index in [4.69, 9.17) is 0 Å². The molecule has 1 fully saturated rings. The molecule has 1 N–H and O–H groups in total. The monoisotopic (exact) mass is 434 g/mol. The Balaban J connectivity index is 1.19. The standard InChI is InChI=1S/C22H23FN8O/c23-16-5-1-14(2-6-16)12-30-22(32)29-10-9-17(7-8-20(29)28-30)25-19-11-18(15-3-4-15)27-31-13-24-26-21(19)31/h1-2,5-6,11,13,15,17,25H,3-4,7-10,12H2. The molecule has 0 saturated heterocycles. The number of aromatic nitrogens is 7. The number of benzene rings is 1. The minimum atomic E-state index is -0.290. The third-order valence-electron chi connectivity index (χ3n) is 6.30. The first-order valence-corrected chi connectivity index (χ1v) is 11.0. The van der Waals surface area contributed by atoms with Gasteiger partial charge in [0.2, 0.25) is 5.65 Å². The first-order valence-electron chi connectivity index (χ1n) is 11.0. The first kappa shape index (κ1) is 19.1. The molecule has 4 aromatic rings. The van der Waals surface area contributed by atoms with Crippen LogP contribution in [0, 0.1) is 5.82 Å². The lowest BCUT2D eigenvalue weighted by Crippen LogP contribution is -2.27. The number of hydrogen-bond donors (Lipinski definition) is 1. The van der Waals surface area contributed by atoms with Crippen molar-refractivity contribution in [3.05, 3.63) is 70.0 Å². The summed E-state index contributed by atoms with van der Waals surface area (Å²) in [7, 11) is 0. The molecule has 3 aromatic heterocycles. The third-order valence-corrected chi connectivity index (χ3v) is 6.30. The lowest BCUT2D eigenvalue weighted by atomic mass is 10.1. The molecule has 0 radical (unpaired) electrons. The maximum absolute atomic E-state index is 13.2. The van der Waals surface area contributed by atoms with Gasteiger partial charge in [-0.25, -0.2) is 13.9 Å². The van der Waals surface area contributed by atoms with Crippen molar-refractivity contribution in [2.75, 3.05) is 5.32 Å². The summed E-state index contributed by atoms with van der Waals surface area (Å²) in [6, 6.07) is 8.46. The van der Waals surface area contributed by atoms with Crippen molar-refractivity contribution in [2.45, 2.75) is 57.2 Å². The van der Waals surface area contributed by atoms with Crippen LogP contribution in [0.25, 0.3) is 5.65 Å². The predicted octanol–water partition coefficient (Wildman–Crippen LogP) is 2.36. The van der Waals surface area contributed by atoms with Crippen molar-refractivity contribution in [1.82, 2.24) is 34.2 Å². The Morgan fingerprint density at radius 2 is 1.94 bits per heavy atom. The van der Waals surface area contributed by atoms with Gasteiger partial charge in [0.25, 0.3) is 0 Å². The number of nitrogens with one attached hydrogen (secondary N) is 1. The number of aryl methyl sites for hydroxylation is 1. The van der Waals surface area contributed by atoms with Crippen molar-refractivity contribution in [3.63, 3.8) is 0 Å². The van der Waals surface area contributed by atoms with Crippen LogP contribution >= 0.6 is 0 Å². The molecule has 1 saturated carbocycles. The third kappa shape index (κ3) is 3.55. The fourth-order valence-corrected chi connectivity index (χ4v) is 4.39. The molecule has 0 spiro atoms. The van der Waals surface area contributed by atoms with Gasteiger partial charge in [-0.2, -0.15) is 14.7 Å². The first-order chi connectivity index (χ1) is 15.6. The minimum Gasteiger partial charge on any atom is -0.379 e. The van der Waals surface area contributed by atoms with Gasteiger partial charge in [-0.05, 0) is 49.4 Å². The molecule has 1 atom stereocenters. The van der Waals surface area contributed by atoms with Crippen LogP contribution in [0.1, 0.15) is 48.7 Å². The summed E-state index contributed by atoms with van der Waals surface area (Å²) in [6.45, 7) is 0.936. The molecule has 10 heteroatoms. The van der Waals surface area contributed by atoms with Gasteiger partial charge in [0.05, 0.1) is 17.9 Å². The van der Waals surface area contributed by atoms with Crippen LogP contribution in [0.3, 0.4) is 0 Å². The van der Waals surface area contributed by atoms with Crippen molar-refractivity contribution in [1.29, 1.82) is 0 Å². The quantitative estimate of drug-likeness (QED) is 0.518. The van der Waals surface area contributed by atoms with E-state index in [1.807, 2.05) is 0 Å². The molecule has 9 nitrogen and oxygen atoms in total. The molecule has 1 aromatic carbocycles. The molecule has 164 valence electrons. The summed E-state index contributed by atoms with van der Waals surface area (Å²) >= 11 is 0. The number of hydrogen-bond acceptors (Lipinski definition) is 6. The fourth-order valence-electron chi connectivity index (χ4n) is 4.39. The molecule has 0 amide bonds. The molecular formula is C22H23FN8O. The summed E-state index contributed by atoms with van der Waals surface area (Å²) in [5.41, 5.74) is 3.47. The zero-order valence-electron chi connectivity index (χ0n) is 17.5. The Morgan fingerprint density at radius 1 is 1.09 bits per heavy atom. The molecule has 0 bridgehead atoms. The number of rotatable bonds is 5. The Hall–Kier alpha value is -3.56. The van der Waals surface area contributed by atoms with Crippen LogP contribution in [-0.2, 0) is 19.5 Å². The van der Waals surface area contributed by atoms with Gasteiger partial charge in [0.15, 0.2) is 0 Å². The highest BCUT2D eigenvalue weighted by molar-refractivity contribution is 5.67. The summed E-state index contributed by atoms with van der Waals surface area (Å²) in [5.74, 6) is 1.03. The van der Waals surface area contributed by atoms with Gasteiger partial charge in [0, 0.05) is 24.9 Å². The Morgan fingerprint density at radius 3 is 2.75 bits per heavy atom. The summed E-state index contributed by atoms with van der Waals surface area (Å²) in [5, 5.41) is 21.1. The number of fused-ring (bicyclic) bond motifs is 2. The van der Waals surface area contributed by atoms with E-state index in [1.165, 1.54) is 29.7 Å². The lowest BCUT2D eigenvalue weighted by Gasteiger charge is -2.18. The zero-order valence-corrected chi connectivity index (χ0v) is 17.5. The minimum absolute atomic E-state index is 0.121. The zero-order chi connectivity index (χ0) is 21.7. The summed E-state index contributed by atoms with van der Waals surface area (Å²) < 4.78 is 18.1. The van der Waals surface area contributed by atoms with Crippen LogP contribution in [0.5, 0.6) is 0 Å². The largest absolute Gasteiger partial charge is 0.379 e. The smallest absolute Gasteiger partial charge is 0.346 e. The van der Waals surface area contributed by atoms with Crippen LogP contribution in [0.15, 0.2) is 41.5 Å². The fraction of sp³-hybridized carbons (Fsp3) is 0.409. The average Bonchev–Trinajstić information content (AvgIpc) is 3.51. The number of anilines is 1. The highest BCUT2D eigenvalue weighted by atomic mass is 19.1. The molecule has 4 heterocycles. The van der Waals surface area contributed by atoms with Crippen LogP contribution in [0.4, 0.5) is 10.1 Å². The van der Waals surface area contributed by atoms with E-state index < -0.39 is 0 Å². The van der Waals surface area contributed by atoms with Crippen LogP contribution < -0.4 is 11.0 Å². The SMILES string of the molecule is O=c1n(Cc2ccc(F)cc2)nc2n1CCC(Nc1cc(C3CC3)nn3cnnc13)CC2. The number of nitrogens with zero attached hydrogens (tertiary/aromatic N) is 7. The Kier molecular flexibility index (Phi) is 4.51. The molecule has 2 aliphatic rings. The van der Waals surface area contributed by atoms with E-state index in [0.29, 0.717) is 25.4 Å². The average molecular weight is 434 g/mol. The van der Waals surface area contributed by atoms with E-state index in [-0.39, 0.29) is 17.5 Å². The van der Waals surface area contributed by atoms with E-state index in [9.17, 15) is 9.18 Å². The normalized spacial score (nSPS) is 18.5. The lowest BCUT2D eigenvalue weighted by molar-refractivity contribution is 0.553. The second-order valence-electron chi connectivity index (χ2n) is 8.66. The van der Waals surface area contributed by atoms with Gasteiger partial charge in [-0.1, -0.05) is 12.1 Å².